The lowest BCUT2D eigenvalue weighted by atomic mass is 9.55. The Bertz CT molecular complexity index is 1380. The maximum absolute atomic E-state index is 14.0. The zero-order valence-electron chi connectivity index (χ0n) is 30.3. The van der Waals surface area contributed by atoms with E-state index in [2.05, 4.69) is 19.2 Å². The summed E-state index contributed by atoms with van der Waals surface area (Å²) in [7, 11) is 0. The molecule has 1 saturated heterocycles. The molecule has 2 fully saturated rings. The summed E-state index contributed by atoms with van der Waals surface area (Å²) in [5.74, 6) is -1.13. The van der Waals surface area contributed by atoms with Crippen molar-refractivity contribution in [3.05, 3.63) is 60.7 Å². The Morgan fingerprint density at radius 1 is 1.12 bits per heavy atom. The summed E-state index contributed by atoms with van der Waals surface area (Å²) in [6.07, 6.45) is 13.6. The van der Waals surface area contributed by atoms with Gasteiger partial charge in [-0.05, 0) is 87.0 Å². The van der Waals surface area contributed by atoms with Crippen molar-refractivity contribution in [2.75, 3.05) is 39.6 Å². The lowest BCUT2D eigenvalue weighted by Crippen LogP contribution is -2.70. The maximum atomic E-state index is 14.0. The number of benzene rings is 1. The molecule has 0 spiro atoms. The van der Waals surface area contributed by atoms with E-state index in [1.165, 1.54) is 0 Å². The van der Waals surface area contributed by atoms with Crippen molar-refractivity contribution in [2.45, 2.75) is 108 Å². The topological polar surface area (TPSA) is 140 Å². The number of aromatic hydroxyl groups is 1. The molecule has 3 N–H and O–H groups in total. The number of allylic oxidation sites excluding steroid dienone is 1. The van der Waals surface area contributed by atoms with Gasteiger partial charge >= 0.3 is 6.09 Å². The van der Waals surface area contributed by atoms with Crippen LogP contribution in [0.3, 0.4) is 0 Å². The second-order valence-electron chi connectivity index (χ2n) is 14.1. The van der Waals surface area contributed by atoms with Crippen molar-refractivity contribution in [1.29, 1.82) is 0 Å². The molecule has 7 unspecified atom stereocenters. The van der Waals surface area contributed by atoms with Crippen molar-refractivity contribution in [2.24, 2.45) is 22.9 Å². The molecule has 0 radical (unpaired) electrons. The molecule has 51 heavy (non-hydrogen) atoms. The number of oxime groups is 1. The number of rotatable bonds is 19. The number of carbonyl (C=O) groups is 1. The zero-order chi connectivity index (χ0) is 36.2. The van der Waals surface area contributed by atoms with E-state index in [-0.39, 0.29) is 56.4 Å². The number of hydrogen-bond acceptors (Lipinski definition) is 10. The first-order valence-electron chi connectivity index (χ1n) is 19.0. The van der Waals surface area contributed by atoms with Gasteiger partial charge in [-0.25, -0.2) is 4.79 Å². The van der Waals surface area contributed by atoms with E-state index in [0.717, 1.165) is 56.1 Å². The van der Waals surface area contributed by atoms with Crippen LogP contribution in [0.15, 0.2) is 60.3 Å². The Kier molecular flexibility index (Phi) is 14.4. The molecule has 5 rings (SSSR count). The quantitative estimate of drug-likeness (QED) is 0.0789. The molecule has 7 atom stereocenters. The van der Waals surface area contributed by atoms with E-state index in [1.54, 1.807) is 35.3 Å². The van der Waals surface area contributed by atoms with Crippen LogP contribution < -0.4 is 4.74 Å². The highest BCUT2D eigenvalue weighted by Crippen LogP contribution is 2.62. The average molecular weight is 711 g/mol. The highest BCUT2D eigenvalue weighted by molar-refractivity contribution is 6.03. The van der Waals surface area contributed by atoms with Gasteiger partial charge in [0.2, 0.25) is 12.1 Å². The van der Waals surface area contributed by atoms with E-state index in [4.69, 9.17) is 28.9 Å². The summed E-state index contributed by atoms with van der Waals surface area (Å²) in [6, 6.07) is 4.54. The third-order valence-corrected chi connectivity index (χ3v) is 10.7. The molecular formula is C40H58N2O9. The van der Waals surface area contributed by atoms with E-state index in [0.29, 0.717) is 50.3 Å². The minimum Gasteiger partial charge on any atom is -0.508 e. The lowest BCUT2D eigenvalue weighted by Gasteiger charge is -2.59. The van der Waals surface area contributed by atoms with Crippen molar-refractivity contribution in [3.63, 3.8) is 0 Å². The Morgan fingerprint density at radius 2 is 1.92 bits per heavy atom. The first kappa shape index (κ1) is 38.8. The van der Waals surface area contributed by atoms with Gasteiger partial charge in [0.05, 0.1) is 31.5 Å². The summed E-state index contributed by atoms with van der Waals surface area (Å²) in [5.41, 5.74) is 2.51. The molecule has 0 bridgehead atoms. The van der Waals surface area contributed by atoms with E-state index >= 15 is 0 Å². The summed E-state index contributed by atoms with van der Waals surface area (Å²) in [4.78, 5) is 21.9. The third-order valence-electron chi connectivity index (χ3n) is 10.7. The van der Waals surface area contributed by atoms with Crippen LogP contribution in [0.4, 0.5) is 4.79 Å². The molecule has 2 heterocycles. The number of hydrogen-bond donors (Lipinski definition) is 3. The third kappa shape index (κ3) is 8.81. The number of ether oxygens (including phenoxy) is 4. The second kappa shape index (κ2) is 18.9. The Balaban J connectivity index is 1.73. The molecule has 1 aromatic carbocycles. The van der Waals surface area contributed by atoms with Crippen LogP contribution in [0.25, 0.3) is 0 Å². The fourth-order valence-electron chi connectivity index (χ4n) is 8.50. The van der Waals surface area contributed by atoms with Crippen LogP contribution in [0.2, 0.25) is 0 Å². The molecule has 1 amide bonds. The normalized spacial score (nSPS) is 28.8. The first-order chi connectivity index (χ1) is 24.9. The lowest BCUT2D eigenvalue weighted by molar-refractivity contribution is -0.255. The van der Waals surface area contributed by atoms with Gasteiger partial charge in [-0.3, -0.25) is 4.90 Å². The second-order valence-corrected chi connectivity index (χ2v) is 14.1. The summed E-state index contributed by atoms with van der Waals surface area (Å²) in [6.45, 7) is 11.3. The van der Waals surface area contributed by atoms with Crippen LogP contribution in [0, 0.1) is 17.8 Å². The Hall–Kier alpha value is -3.38. The minimum absolute atomic E-state index is 0.0712. The Labute approximate surface area is 302 Å². The highest BCUT2D eigenvalue weighted by Gasteiger charge is 2.65. The molecule has 2 aliphatic heterocycles. The van der Waals surface area contributed by atoms with E-state index < -0.39 is 30.1 Å². The standard InChI is InChI=1S/C40H58N2O9/c1-4-7-23-48-39(46)42(19-5-2)35-27-33(41-51-36-16-10-13-24-47-36)31-25-28(14-8-11-20-43)30(15-9-12-21-44)37-32-26-29(45)17-18-34(32)50-40(35,38(31)37)49-22-6-3/h4,6,17-18,25-26,28,30,35-38,43-45H,1,3,5,7-16,19-24,27H2,2H3. The van der Waals surface area contributed by atoms with Gasteiger partial charge in [-0.15, -0.1) is 13.2 Å². The van der Waals surface area contributed by atoms with Crippen LogP contribution in [-0.2, 0) is 19.0 Å². The minimum atomic E-state index is -1.37. The van der Waals surface area contributed by atoms with Crippen LogP contribution in [-0.4, -0.2) is 89.7 Å². The molecule has 11 heteroatoms. The highest BCUT2D eigenvalue weighted by atomic mass is 16.8. The fourth-order valence-corrected chi connectivity index (χ4v) is 8.50. The number of carbonyl (C=O) groups excluding carboxylic acids is 1. The monoisotopic (exact) mass is 710 g/mol. The number of amides is 1. The largest absolute Gasteiger partial charge is 0.508 e. The first-order valence-corrected chi connectivity index (χ1v) is 19.0. The molecule has 1 aromatic rings. The van der Waals surface area contributed by atoms with Gasteiger partial charge in [0.1, 0.15) is 17.5 Å². The molecule has 282 valence electrons. The maximum Gasteiger partial charge on any atom is 0.410 e. The summed E-state index contributed by atoms with van der Waals surface area (Å²) >= 11 is 0. The smallest absolute Gasteiger partial charge is 0.410 e. The molecular weight excluding hydrogens is 652 g/mol. The number of aliphatic hydroxyl groups is 2. The molecule has 4 aliphatic rings. The van der Waals surface area contributed by atoms with Crippen molar-refractivity contribution >= 4 is 11.8 Å². The van der Waals surface area contributed by atoms with Crippen LogP contribution in [0.1, 0.15) is 95.5 Å². The van der Waals surface area contributed by atoms with Crippen molar-refractivity contribution in [3.8, 4) is 11.5 Å². The Morgan fingerprint density at radius 3 is 2.63 bits per heavy atom. The van der Waals surface area contributed by atoms with Gasteiger partial charge in [-0.1, -0.05) is 43.1 Å². The molecule has 2 aliphatic carbocycles. The summed E-state index contributed by atoms with van der Waals surface area (Å²) in [5, 5.41) is 35.2. The predicted molar refractivity (Wildman–Crippen MR) is 194 cm³/mol. The van der Waals surface area contributed by atoms with Gasteiger partial charge in [0.25, 0.3) is 0 Å². The number of phenols is 1. The van der Waals surface area contributed by atoms with Crippen molar-refractivity contribution < 1.29 is 43.9 Å². The van der Waals surface area contributed by atoms with Crippen LogP contribution >= 0.6 is 0 Å². The predicted octanol–water partition coefficient (Wildman–Crippen LogP) is 6.98. The average Bonchev–Trinajstić information content (AvgIpc) is 3.14. The van der Waals surface area contributed by atoms with Crippen molar-refractivity contribution in [1.82, 2.24) is 4.90 Å². The SMILES string of the molecule is C=CCCOC(=O)N(CCC)C1CC(=NOC2CCCCO2)C2=CC(CCCCO)C(CCCCO)C3c4cc(O)ccc4OC1(OCC=C)C23. The number of aliphatic hydroxyl groups excluding tert-OH is 2. The number of unbranched alkanes of at least 4 members (excludes halogenated alkanes) is 2. The van der Waals surface area contributed by atoms with Crippen LogP contribution in [0.5, 0.6) is 11.5 Å². The molecule has 0 aromatic heterocycles. The number of fused-ring (bicyclic) bond motifs is 2. The fraction of sp³-hybridized carbons (Fsp3) is 0.650. The zero-order valence-corrected chi connectivity index (χ0v) is 30.3. The van der Waals surface area contributed by atoms with E-state index in [1.807, 2.05) is 6.92 Å². The molecule has 1 saturated carbocycles. The summed E-state index contributed by atoms with van der Waals surface area (Å²) < 4.78 is 25.7. The number of phenolic OH excluding ortho intramolecular Hbond substituents is 1. The van der Waals surface area contributed by atoms with Gasteiger partial charge in [0.15, 0.2) is 0 Å². The van der Waals surface area contributed by atoms with Gasteiger partial charge in [-0.2, -0.15) is 0 Å². The van der Waals surface area contributed by atoms with E-state index in [9.17, 15) is 20.1 Å². The van der Waals surface area contributed by atoms with Gasteiger partial charge in [0, 0.05) is 44.1 Å². The molecule has 11 nitrogen and oxygen atoms in total. The van der Waals surface area contributed by atoms with Gasteiger partial charge < -0.3 is 39.1 Å². The number of nitrogens with zero attached hydrogens (tertiary/aromatic N) is 2.